The van der Waals surface area contributed by atoms with Crippen LogP contribution in [0.25, 0.3) is 26.7 Å². The van der Waals surface area contributed by atoms with Crippen molar-refractivity contribution in [2.75, 3.05) is 23.8 Å². The largest absolute Gasteiger partial charge is 0.382 e. The van der Waals surface area contributed by atoms with E-state index in [0.29, 0.717) is 32.6 Å². The van der Waals surface area contributed by atoms with Crippen molar-refractivity contribution in [2.24, 2.45) is 0 Å². The van der Waals surface area contributed by atoms with Crippen molar-refractivity contribution in [1.82, 2.24) is 29.1 Å². The number of nitrogens with two attached hydrogens (primary N) is 1. The van der Waals surface area contributed by atoms with Crippen LogP contribution in [0.15, 0.2) is 47.5 Å². The number of hydrogen-bond donors (Lipinski definition) is 3. The van der Waals surface area contributed by atoms with E-state index in [4.69, 9.17) is 10.5 Å². The topological polar surface area (TPSA) is 165 Å². The van der Waals surface area contributed by atoms with Crippen LogP contribution in [0.4, 0.5) is 11.6 Å². The zero-order valence-corrected chi connectivity index (χ0v) is 19.8. The molecule has 13 heteroatoms. The van der Waals surface area contributed by atoms with Gasteiger partial charge in [0.05, 0.1) is 34.4 Å². The fourth-order valence-electron chi connectivity index (χ4n) is 4.35. The van der Waals surface area contributed by atoms with Gasteiger partial charge in [-0.25, -0.2) is 4.68 Å². The minimum atomic E-state index is -1.50. The molecule has 1 aliphatic rings. The van der Waals surface area contributed by atoms with Crippen LogP contribution in [0.5, 0.6) is 0 Å². The molecule has 4 aromatic heterocycles. The lowest BCUT2D eigenvalue weighted by Crippen LogP contribution is -2.50. The van der Waals surface area contributed by atoms with Crippen molar-refractivity contribution in [3.8, 4) is 5.69 Å². The minimum absolute atomic E-state index is 0.0666. The molecule has 1 aliphatic heterocycles. The molecule has 0 radical (unpaired) electrons. The van der Waals surface area contributed by atoms with Gasteiger partial charge in [-0.3, -0.25) is 19.5 Å². The first-order valence-electron chi connectivity index (χ1n) is 11.1. The quantitative estimate of drug-likeness (QED) is 0.328. The average molecular weight is 505 g/mol. The van der Waals surface area contributed by atoms with Crippen molar-refractivity contribution in [1.29, 1.82) is 0 Å². The number of carbonyl (C=O) groups is 1. The van der Waals surface area contributed by atoms with Crippen molar-refractivity contribution in [3.05, 3.63) is 64.6 Å². The number of aliphatic hydroxyl groups excluding tert-OH is 1. The minimum Gasteiger partial charge on any atom is -0.382 e. The molecule has 0 aliphatic carbocycles. The third kappa shape index (κ3) is 3.52. The number of carbonyl (C=O) groups excluding carboxylic acids is 1. The number of aliphatic hydroxyl groups is 1. The number of hydrogen-bond acceptors (Lipinski definition) is 10. The van der Waals surface area contributed by atoms with Gasteiger partial charge in [0.15, 0.2) is 11.9 Å². The molecular weight excluding hydrogens is 484 g/mol. The summed E-state index contributed by atoms with van der Waals surface area (Å²) in [6.07, 6.45) is 0.556. The number of aryl methyl sites for hydroxylation is 1. The maximum absolute atomic E-state index is 13.4. The number of fused-ring (bicyclic) bond motifs is 3. The first-order valence-corrected chi connectivity index (χ1v) is 11.9. The highest BCUT2D eigenvalue weighted by Crippen LogP contribution is 2.31. The van der Waals surface area contributed by atoms with Gasteiger partial charge in [-0.2, -0.15) is 9.36 Å². The van der Waals surface area contributed by atoms with Gasteiger partial charge in [0.2, 0.25) is 0 Å². The lowest BCUT2D eigenvalue weighted by Gasteiger charge is -2.32. The summed E-state index contributed by atoms with van der Waals surface area (Å²) in [6.45, 7) is 2.32. The molecule has 1 aromatic carbocycles. The Morgan fingerprint density at radius 3 is 2.86 bits per heavy atom. The number of morpholine rings is 1. The van der Waals surface area contributed by atoms with Gasteiger partial charge in [-0.15, -0.1) is 5.10 Å². The van der Waals surface area contributed by atoms with Crippen molar-refractivity contribution >= 4 is 50.1 Å². The summed E-state index contributed by atoms with van der Waals surface area (Å²) in [5.74, 6) is 0.216. The van der Waals surface area contributed by atoms with Gasteiger partial charge < -0.3 is 20.6 Å². The Balaban J connectivity index is 1.32. The number of ether oxygens (including phenoxy) is 1. The highest BCUT2D eigenvalue weighted by Gasteiger charge is 2.39. The Morgan fingerprint density at radius 2 is 2.06 bits per heavy atom. The van der Waals surface area contributed by atoms with Crippen LogP contribution in [0.2, 0.25) is 0 Å². The molecule has 0 unspecified atom stereocenters. The number of anilines is 2. The Labute approximate surface area is 207 Å². The van der Waals surface area contributed by atoms with Crippen molar-refractivity contribution in [3.63, 3.8) is 0 Å². The molecule has 1 fully saturated rings. The van der Waals surface area contributed by atoms with Gasteiger partial charge in [0.1, 0.15) is 17.7 Å². The molecule has 1 amide bonds. The normalized spacial score (nSPS) is 17.2. The smallest absolute Gasteiger partial charge is 0.282 e. The summed E-state index contributed by atoms with van der Waals surface area (Å²) in [4.78, 5) is 38.7. The average Bonchev–Trinajstić information content (AvgIpc) is 3.46. The van der Waals surface area contributed by atoms with Gasteiger partial charge in [0, 0.05) is 29.5 Å². The molecule has 0 spiro atoms. The van der Waals surface area contributed by atoms with Crippen LogP contribution in [0.1, 0.15) is 17.6 Å². The first kappa shape index (κ1) is 22.3. The van der Waals surface area contributed by atoms with E-state index in [1.54, 1.807) is 35.3 Å². The number of benzene rings is 1. The van der Waals surface area contributed by atoms with Crippen LogP contribution in [0, 0.1) is 6.92 Å². The van der Waals surface area contributed by atoms with Crippen LogP contribution in [-0.2, 0) is 9.53 Å². The Morgan fingerprint density at radius 1 is 1.25 bits per heavy atom. The van der Waals surface area contributed by atoms with Crippen LogP contribution < -0.4 is 16.2 Å². The number of H-pyrrole nitrogens is 1. The predicted octanol–water partition coefficient (Wildman–Crippen LogP) is 1.47. The van der Waals surface area contributed by atoms with E-state index in [1.807, 2.05) is 19.1 Å². The number of pyridine rings is 1. The molecule has 1 saturated heterocycles. The first-order chi connectivity index (χ1) is 17.4. The van der Waals surface area contributed by atoms with E-state index in [2.05, 4.69) is 24.4 Å². The molecule has 5 aromatic rings. The molecule has 2 atom stereocenters. The second kappa shape index (κ2) is 8.48. The maximum Gasteiger partial charge on any atom is 0.282 e. The Bertz CT molecular complexity index is 1680. The molecule has 36 heavy (non-hydrogen) atoms. The summed E-state index contributed by atoms with van der Waals surface area (Å²) in [5.41, 5.74) is 7.39. The van der Waals surface area contributed by atoms with E-state index >= 15 is 0 Å². The molecule has 0 bridgehead atoms. The summed E-state index contributed by atoms with van der Waals surface area (Å²) in [5, 5.41) is 16.6. The van der Waals surface area contributed by atoms with E-state index in [0.717, 1.165) is 22.9 Å². The maximum atomic E-state index is 13.4. The highest BCUT2D eigenvalue weighted by molar-refractivity contribution is 7.14. The number of rotatable bonds is 4. The Kier molecular flexibility index (Phi) is 5.25. The SMILES string of the molecule is Cc1cc(N2CCO[C@H]([C@@H](O)c3nc(=O)c4c(ccc5c(N)nsc54)[nH]3)C2=O)nn1-c1ccncc1. The van der Waals surface area contributed by atoms with E-state index in [9.17, 15) is 14.7 Å². The number of aromatic nitrogens is 6. The van der Waals surface area contributed by atoms with Gasteiger partial charge in [-0.1, -0.05) is 0 Å². The second-order valence-electron chi connectivity index (χ2n) is 8.35. The van der Waals surface area contributed by atoms with E-state index in [-0.39, 0.29) is 19.0 Å². The molecular formula is C23H20N8O4S. The fourth-order valence-corrected chi connectivity index (χ4v) is 5.20. The lowest BCUT2D eigenvalue weighted by molar-refractivity contribution is -0.143. The lowest BCUT2D eigenvalue weighted by atomic mass is 10.1. The van der Waals surface area contributed by atoms with E-state index < -0.39 is 23.7 Å². The van der Waals surface area contributed by atoms with Gasteiger partial charge in [-0.05, 0) is 42.7 Å². The number of amides is 1. The molecule has 12 nitrogen and oxygen atoms in total. The third-order valence-corrected chi connectivity index (χ3v) is 7.01. The predicted molar refractivity (Wildman–Crippen MR) is 133 cm³/mol. The highest BCUT2D eigenvalue weighted by atomic mass is 32.1. The fraction of sp³-hybridized carbons (Fsp3) is 0.217. The van der Waals surface area contributed by atoms with Crippen molar-refractivity contribution in [2.45, 2.75) is 19.1 Å². The molecule has 4 N–H and O–H groups in total. The molecule has 182 valence electrons. The van der Waals surface area contributed by atoms with Gasteiger partial charge >= 0.3 is 0 Å². The molecule has 0 saturated carbocycles. The number of nitrogens with one attached hydrogen (secondary N) is 1. The summed E-state index contributed by atoms with van der Waals surface area (Å²) in [6, 6.07) is 8.83. The summed E-state index contributed by atoms with van der Waals surface area (Å²) in [7, 11) is 0. The summed E-state index contributed by atoms with van der Waals surface area (Å²) < 4.78 is 12.1. The van der Waals surface area contributed by atoms with Gasteiger partial charge in [0.25, 0.3) is 11.5 Å². The van der Waals surface area contributed by atoms with Crippen LogP contribution >= 0.6 is 11.5 Å². The monoisotopic (exact) mass is 504 g/mol. The van der Waals surface area contributed by atoms with Crippen LogP contribution in [0.3, 0.4) is 0 Å². The zero-order valence-electron chi connectivity index (χ0n) is 19.0. The molecule has 5 heterocycles. The summed E-state index contributed by atoms with van der Waals surface area (Å²) >= 11 is 1.10. The zero-order chi connectivity index (χ0) is 25.0. The number of nitrogen functional groups attached to an aromatic ring is 1. The number of aromatic amines is 1. The second-order valence-corrected chi connectivity index (χ2v) is 9.12. The molecule has 6 rings (SSSR count). The standard InChI is InChI=1S/C23H20N8O4S/c1-11-10-15(28-31(11)12-4-6-25-7-5-12)30-8-9-35-18(23(30)34)17(32)21-26-14-3-2-13-19(36-29-20(13)24)16(14)22(33)27-21/h2-7,10,17-18,32H,8-9H2,1H3,(H2,24,29)(H,26,27,33)/t17-,18-/m1/s1. The van der Waals surface area contributed by atoms with Crippen LogP contribution in [-0.4, -0.2) is 59.4 Å². The Hall–Kier alpha value is -4.20. The van der Waals surface area contributed by atoms with Crippen molar-refractivity contribution < 1.29 is 14.6 Å². The third-order valence-electron chi connectivity index (χ3n) is 6.11. The van der Waals surface area contributed by atoms with E-state index in [1.165, 1.54) is 4.90 Å². The number of nitrogens with zero attached hydrogens (tertiary/aromatic N) is 6.